The fourth-order valence-corrected chi connectivity index (χ4v) is 3.03. The molecule has 27 heavy (non-hydrogen) atoms. The van der Waals surface area contributed by atoms with Gasteiger partial charge in [0.15, 0.2) is 5.75 Å². The molecule has 0 amide bonds. The van der Waals surface area contributed by atoms with Crippen LogP contribution < -0.4 is 20.8 Å². The molecule has 0 spiro atoms. The Labute approximate surface area is 160 Å². The number of carbonyl (C=O) groups is 1. The summed E-state index contributed by atoms with van der Waals surface area (Å²) in [7, 11) is 0. The average molecular weight is 374 g/mol. The summed E-state index contributed by atoms with van der Waals surface area (Å²) >= 11 is 0. The minimum atomic E-state index is -0.542. The number of esters is 1. The van der Waals surface area contributed by atoms with Crippen molar-refractivity contribution in [3.63, 3.8) is 0 Å². The highest BCUT2D eigenvalue weighted by atomic mass is 16.6. The number of nitrogens with two attached hydrogens (primary N) is 1. The van der Waals surface area contributed by atoms with Gasteiger partial charge in [-0.25, -0.2) is 0 Å². The molecule has 2 rings (SSSR count). The molecule has 0 aliphatic carbocycles. The molecule has 6 nitrogen and oxygen atoms in total. The first-order chi connectivity index (χ1) is 13.0. The van der Waals surface area contributed by atoms with E-state index in [0.29, 0.717) is 30.1 Å². The number of nitrogen functional groups attached to an aromatic ring is 1. The van der Waals surface area contributed by atoms with Gasteiger partial charge in [0.2, 0.25) is 5.75 Å². The van der Waals surface area contributed by atoms with E-state index in [1.54, 1.807) is 16.7 Å². The second-order valence-corrected chi connectivity index (χ2v) is 6.75. The summed E-state index contributed by atoms with van der Waals surface area (Å²) in [6.45, 7) is 6.48. The number of rotatable bonds is 10. The lowest BCUT2D eigenvalue weighted by Crippen LogP contribution is -2.25. The van der Waals surface area contributed by atoms with Crippen LogP contribution in [0, 0.1) is 0 Å². The number of hydrogen-bond acceptors (Lipinski definition) is 5. The van der Waals surface area contributed by atoms with E-state index < -0.39 is 5.97 Å². The van der Waals surface area contributed by atoms with Crippen molar-refractivity contribution in [3.05, 3.63) is 28.6 Å². The molecule has 2 N–H and O–H groups in total. The Morgan fingerprint density at radius 3 is 2.48 bits per heavy atom. The fourth-order valence-electron chi connectivity index (χ4n) is 3.03. The third-order valence-electron chi connectivity index (χ3n) is 4.43. The van der Waals surface area contributed by atoms with Gasteiger partial charge < -0.3 is 19.8 Å². The van der Waals surface area contributed by atoms with E-state index in [-0.39, 0.29) is 11.3 Å². The van der Waals surface area contributed by atoms with E-state index in [4.69, 9.17) is 15.2 Å². The summed E-state index contributed by atoms with van der Waals surface area (Å²) in [4.78, 5) is 24.7. The number of carbonyl (C=O) groups excluding carboxylic acids is 1. The summed E-state index contributed by atoms with van der Waals surface area (Å²) < 4.78 is 12.8. The van der Waals surface area contributed by atoms with Crippen LogP contribution in [0.25, 0.3) is 10.9 Å². The maximum Gasteiger partial charge on any atom is 0.308 e. The topological polar surface area (TPSA) is 83.5 Å². The van der Waals surface area contributed by atoms with Crippen molar-refractivity contribution in [1.82, 2.24) is 4.57 Å². The number of benzene rings is 1. The summed E-state index contributed by atoms with van der Waals surface area (Å²) in [6.07, 6.45) is 5.94. The van der Waals surface area contributed by atoms with Crippen molar-refractivity contribution in [2.45, 2.75) is 65.8 Å². The number of pyridine rings is 1. The van der Waals surface area contributed by atoms with Crippen LogP contribution in [0.15, 0.2) is 23.0 Å². The monoisotopic (exact) mass is 374 g/mol. The Bertz CT molecular complexity index is 842. The van der Waals surface area contributed by atoms with E-state index >= 15 is 0 Å². The van der Waals surface area contributed by atoms with E-state index in [1.807, 2.05) is 6.07 Å². The SMILES string of the molecule is CCCCCCn1c(=O)c(OC(C)=O)c(OCCCC)c2ccc(N)cc21. The van der Waals surface area contributed by atoms with Crippen molar-refractivity contribution in [3.8, 4) is 11.5 Å². The predicted octanol–water partition coefficient (Wildman–Crippen LogP) is 4.27. The molecule has 1 aromatic heterocycles. The van der Waals surface area contributed by atoms with E-state index in [1.165, 1.54) is 6.92 Å². The maximum absolute atomic E-state index is 13.1. The molecule has 0 radical (unpaired) electrons. The van der Waals surface area contributed by atoms with Gasteiger partial charge in [0.1, 0.15) is 0 Å². The smallest absolute Gasteiger partial charge is 0.308 e. The molecule has 0 unspecified atom stereocenters. The predicted molar refractivity (Wildman–Crippen MR) is 108 cm³/mol. The van der Waals surface area contributed by atoms with Gasteiger partial charge in [0.25, 0.3) is 5.56 Å². The molecular formula is C21H30N2O4. The van der Waals surface area contributed by atoms with Crippen LogP contribution in [-0.4, -0.2) is 17.1 Å². The number of anilines is 1. The quantitative estimate of drug-likeness (QED) is 0.381. The Morgan fingerprint density at radius 1 is 1.07 bits per heavy atom. The minimum absolute atomic E-state index is 0.0358. The van der Waals surface area contributed by atoms with Gasteiger partial charge in [-0.3, -0.25) is 9.59 Å². The summed E-state index contributed by atoms with van der Waals surface area (Å²) in [5.74, 6) is -0.255. The first-order valence-corrected chi connectivity index (χ1v) is 9.76. The third-order valence-corrected chi connectivity index (χ3v) is 4.43. The van der Waals surface area contributed by atoms with Crippen LogP contribution in [0.4, 0.5) is 5.69 Å². The third kappa shape index (κ3) is 5.25. The molecule has 1 aromatic carbocycles. The molecule has 1 heterocycles. The molecule has 6 heteroatoms. The molecular weight excluding hydrogens is 344 g/mol. The number of fused-ring (bicyclic) bond motifs is 1. The lowest BCUT2D eigenvalue weighted by Gasteiger charge is -2.18. The lowest BCUT2D eigenvalue weighted by molar-refractivity contribution is -0.132. The number of hydrogen-bond donors (Lipinski definition) is 1. The van der Waals surface area contributed by atoms with Gasteiger partial charge in [-0.15, -0.1) is 0 Å². The van der Waals surface area contributed by atoms with Crippen LogP contribution in [-0.2, 0) is 11.3 Å². The van der Waals surface area contributed by atoms with Crippen LogP contribution in [0.5, 0.6) is 11.5 Å². The summed E-state index contributed by atoms with van der Waals surface area (Å²) in [5, 5.41) is 0.728. The van der Waals surface area contributed by atoms with Crippen LogP contribution >= 0.6 is 0 Å². The molecule has 0 aliphatic rings. The zero-order valence-corrected chi connectivity index (χ0v) is 16.5. The van der Waals surface area contributed by atoms with Gasteiger partial charge in [-0.2, -0.15) is 0 Å². The molecule has 2 aromatic rings. The Hall–Kier alpha value is -2.50. The first kappa shape index (κ1) is 20.8. The largest absolute Gasteiger partial charge is 0.489 e. The molecule has 0 aliphatic heterocycles. The van der Waals surface area contributed by atoms with Gasteiger partial charge in [-0.1, -0.05) is 39.5 Å². The van der Waals surface area contributed by atoms with Gasteiger partial charge >= 0.3 is 5.97 Å². The second kappa shape index (κ2) is 10.00. The van der Waals surface area contributed by atoms with Crippen LogP contribution in [0.3, 0.4) is 0 Å². The van der Waals surface area contributed by atoms with Crippen LogP contribution in [0.1, 0.15) is 59.3 Å². The number of unbranched alkanes of at least 4 members (excludes halogenated alkanes) is 4. The lowest BCUT2D eigenvalue weighted by atomic mass is 10.1. The number of aromatic nitrogens is 1. The van der Waals surface area contributed by atoms with E-state index in [9.17, 15) is 9.59 Å². The Balaban J connectivity index is 2.60. The van der Waals surface area contributed by atoms with Gasteiger partial charge in [0, 0.05) is 24.5 Å². The summed E-state index contributed by atoms with van der Waals surface area (Å²) in [5.41, 5.74) is 6.89. The highest BCUT2D eigenvalue weighted by Crippen LogP contribution is 2.34. The van der Waals surface area contributed by atoms with Gasteiger partial charge in [-0.05, 0) is 31.0 Å². The van der Waals surface area contributed by atoms with Crippen molar-refractivity contribution in [2.75, 3.05) is 12.3 Å². The molecule has 0 bridgehead atoms. The van der Waals surface area contributed by atoms with E-state index in [2.05, 4.69) is 13.8 Å². The van der Waals surface area contributed by atoms with Gasteiger partial charge in [0.05, 0.1) is 12.1 Å². The van der Waals surface area contributed by atoms with Crippen LogP contribution in [0.2, 0.25) is 0 Å². The normalized spacial score (nSPS) is 10.9. The number of aryl methyl sites for hydroxylation is 1. The Morgan fingerprint density at radius 2 is 1.81 bits per heavy atom. The van der Waals surface area contributed by atoms with Crippen molar-refractivity contribution < 1.29 is 14.3 Å². The fraction of sp³-hybridized carbons (Fsp3) is 0.524. The maximum atomic E-state index is 13.1. The minimum Gasteiger partial charge on any atom is -0.489 e. The number of nitrogens with zero attached hydrogens (tertiary/aromatic N) is 1. The average Bonchev–Trinajstić information content (AvgIpc) is 2.63. The highest BCUT2D eigenvalue weighted by molar-refractivity contribution is 5.90. The summed E-state index contributed by atoms with van der Waals surface area (Å²) in [6, 6.07) is 5.36. The standard InChI is InChI=1S/C21H30N2O4/c1-4-6-8-9-12-23-18-14-16(22)10-11-17(18)19(26-13-7-5-2)20(21(23)25)27-15(3)24/h10-11,14H,4-9,12-13,22H2,1-3H3. The highest BCUT2D eigenvalue weighted by Gasteiger charge is 2.21. The Kier molecular flexibility index (Phi) is 7.70. The van der Waals surface area contributed by atoms with Crippen molar-refractivity contribution in [1.29, 1.82) is 0 Å². The van der Waals surface area contributed by atoms with E-state index in [0.717, 1.165) is 43.9 Å². The zero-order valence-electron chi connectivity index (χ0n) is 16.5. The van der Waals surface area contributed by atoms with Crippen molar-refractivity contribution in [2.24, 2.45) is 0 Å². The first-order valence-electron chi connectivity index (χ1n) is 9.76. The number of ether oxygens (including phenoxy) is 2. The molecule has 0 fully saturated rings. The van der Waals surface area contributed by atoms with Crippen molar-refractivity contribution >= 4 is 22.6 Å². The molecule has 0 saturated heterocycles. The molecule has 0 saturated carbocycles. The zero-order chi connectivity index (χ0) is 19.8. The molecule has 0 atom stereocenters. The second-order valence-electron chi connectivity index (χ2n) is 6.75. The molecule has 148 valence electrons.